The Hall–Kier alpha value is -2.86. The number of benzene rings is 1. The Balaban J connectivity index is 1.92. The third kappa shape index (κ3) is 2.96. The second-order valence-corrected chi connectivity index (χ2v) is 6.11. The quantitative estimate of drug-likeness (QED) is 0.608. The summed E-state index contributed by atoms with van der Waals surface area (Å²) in [6, 6.07) is 8.89. The van der Waals surface area contributed by atoms with Crippen LogP contribution in [0, 0.1) is 11.3 Å². The molecule has 0 bridgehead atoms. The molecule has 0 aliphatic carbocycles. The molecule has 2 heterocycles. The lowest BCUT2D eigenvalue weighted by molar-refractivity contribution is 0.298. The molecule has 128 valence electrons. The Bertz CT molecular complexity index is 1120. The van der Waals surface area contributed by atoms with Crippen LogP contribution in [0.2, 0.25) is 0 Å². The fourth-order valence-electron chi connectivity index (χ4n) is 2.57. The minimum absolute atomic E-state index is 0.211. The summed E-state index contributed by atoms with van der Waals surface area (Å²) < 4.78 is 10.2. The number of hydrogen-bond donors (Lipinski definition) is 0. The van der Waals surface area contributed by atoms with Gasteiger partial charge in [-0.15, -0.1) is 0 Å². The molecule has 0 radical (unpaired) electrons. The number of hydrogen-bond acceptors (Lipinski definition) is 5. The van der Waals surface area contributed by atoms with E-state index >= 15 is 0 Å². The number of nitriles is 1. The zero-order valence-corrected chi connectivity index (χ0v) is 15.1. The van der Waals surface area contributed by atoms with Crippen molar-refractivity contribution in [2.24, 2.45) is 14.1 Å². The Morgan fingerprint density at radius 1 is 1.28 bits per heavy atom. The van der Waals surface area contributed by atoms with Crippen molar-refractivity contribution >= 4 is 27.1 Å². The number of ether oxygens (including phenoxy) is 1. The zero-order valence-electron chi connectivity index (χ0n) is 13.6. The minimum Gasteiger partial charge on any atom is -0.492 e. The molecule has 0 amide bonds. The Morgan fingerprint density at radius 2 is 2.04 bits per heavy atom. The number of imidazole rings is 1. The summed E-state index contributed by atoms with van der Waals surface area (Å²) in [4.78, 5) is 28.6. The van der Waals surface area contributed by atoms with Crippen LogP contribution in [0.5, 0.6) is 5.75 Å². The number of rotatable bonds is 4. The molecule has 0 aliphatic rings. The summed E-state index contributed by atoms with van der Waals surface area (Å²) in [6.45, 7) is 0.649. The van der Waals surface area contributed by atoms with E-state index in [0.29, 0.717) is 28.2 Å². The van der Waals surface area contributed by atoms with Crippen molar-refractivity contribution < 1.29 is 4.74 Å². The predicted molar refractivity (Wildman–Crippen MR) is 94.6 cm³/mol. The molecule has 0 saturated carbocycles. The normalized spacial score (nSPS) is 10.8. The van der Waals surface area contributed by atoms with Crippen molar-refractivity contribution in [2.75, 3.05) is 6.61 Å². The van der Waals surface area contributed by atoms with Gasteiger partial charge in [0.25, 0.3) is 5.56 Å². The molecule has 25 heavy (non-hydrogen) atoms. The average Bonchev–Trinajstić information content (AvgIpc) is 2.95. The molecule has 0 spiro atoms. The van der Waals surface area contributed by atoms with Gasteiger partial charge in [0.1, 0.15) is 12.4 Å². The standard InChI is InChI=1S/C16H14BrN5O3/c1-20-13-12(14(23)21(2)16(20)24)19-15(17)22(13)6-7-25-11-5-3-4-10(8-11)9-18/h3-5,8H,6-7H2,1-2H3. The number of aryl methyl sites for hydroxylation is 1. The summed E-state index contributed by atoms with van der Waals surface area (Å²) in [5, 5.41) is 8.91. The van der Waals surface area contributed by atoms with Crippen LogP contribution < -0.4 is 16.0 Å². The van der Waals surface area contributed by atoms with Gasteiger partial charge in [-0.2, -0.15) is 5.26 Å². The molecular formula is C16H14BrN5O3. The summed E-state index contributed by atoms with van der Waals surface area (Å²) in [5.41, 5.74) is 0.281. The number of nitrogens with zero attached hydrogens (tertiary/aromatic N) is 5. The monoisotopic (exact) mass is 403 g/mol. The molecule has 0 aliphatic heterocycles. The SMILES string of the molecule is Cn1c(=O)c2nc(Br)n(CCOc3cccc(C#N)c3)c2n(C)c1=O. The summed E-state index contributed by atoms with van der Waals surface area (Å²) in [6.07, 6.45) is 0. The first-order valence-corrected chi connectivity index (χ1v) is 8.18. The highest BCUT2D eigenvalue weighted by molar-refractivity contribution is 9.10. The lowest BCUT2D eigenvalue weighted by atomic mass is 10.2. The second-order valence-electron chi connectivity index (χ2n) is 5.40. The van der Waals surface area contributed by atoms with Gasteiger partial charge in [0, 0.05) is 14.1 Å². The number of halogens is 1. The van der Waals surface area contributed by atoms with Gasteiger partial charge in [-0.3, -0.25) is 13.9 Å². The van der Waals surface area contributed by atoms with Gasteiger partial charge in [0.2, 0.25) is 0 Å². The number of aromatic nitrogens is 4. The highest BCUT2D eigenvalue weighted by atomic mass is 79.9. The maximum Gasteiger partial charge on any atom is 0.332 e. The van der Waals surface area contributed by atoms with Crippen LogP contribution in [0.25, 0.3) is 11.2 Å². The van der Waals surface area contributed by atoms with Gasteiger partial charge in [0.05, 0.1) is 18.2 Å². The van der Waals surface area contributed by atoms with E-state index in [4.69, 9.17) is 10.00 Å². The van der Waals surface area contributed by atoms with Crippen molar-refractivity contribution in [2.45, 2.75) is 6.54 Å². The van der Waals surface area contributed by atoms with E-state index in [2.05, 4.69) is 27.0 Å². The van der Waals surface area contributed by atoms with Gasteiger partial charge in [-0.25, -0.2) is 9.78 Å². The van der Waals surface area contributed by atoms with E-state index in [1.807, 2.05) is 0 Å². The van der Waals surface area contributed by atoms with Crippen molar-refractivity contribution in [1.29, 1.82) is 5.26 Å². The molecule has 0 atom stereocenters. The molecule has 3 aromatic rings. The van der Waals surface area contributed by atoms with Crippen molar-refractivity contribution in [1.82, 2.24) is 18.7 Å². The fourth-order valence-corrected chi connectivity index (χ4v) is 3.09. The molecule has 0 saturated heterocycles. The molecule has 0 unspecified atom stereocenters. The van der Waals surface area contributed by atoms with Crippen molar-refractivity contribution in [3.8, 4) is 11.8 Å². The average molecular weight is 404 g/mol. The smallest absolute Gasteiger partial charge is 0.332 e. The molecule has 9 heteroatoms. The summed E-state index contributed by atoms with van der Waals surface area (Å²) in [7, 11) is 3.01. The third-order valence-electron chi connectivity index (χ3n) is 3.84. The fraction of sp³-hybridized carbons (Fsp3) is 0.250. The first-order valence-electron chi connectivity index (χ1n) is 7.38. The summed E-state index contributed by atoms with van der Waals surface area (Å²) >= 11 is 3.33. The maximum atomic E-state index is 12.2. The van der Waals surface area contributed by atoms with E-state index in [0.717, 1.165) is 4.57 Å². The Kier molecular flexibility index (Phi) is 4.46. The first kappa shape index (κ1) is 17.0. The van der Waals surface area contributed by atoms with E-state index in [-0.39, 0.29) is 12.1 Å². The lowest BCUT2D eigenvalue weighted by Crippen LogP contribution is -2.37. The molecular weight excluding hydrogens is 390 g/mol. The van der Waals surface area contributed by atoms with E-state index in [1.54, 1.807) is 35.9 Å². The molecule has 8 nitrogen and oxygen atoms in total. The van der Waals surface area contributed by atoms with Gasteiger partial charge in [-0.1, -0.05) is 6.07 Å². The highest BCUT2D eigenvalue weighted by Crippen LogP contribution is 2.17. The van der Waals surface area contributed by atoms with Crippen LogP contribution in [0.4, 0.5) is 0 Å². The molecule has 0 fully saturated rings. The molecule has 0 N–H and O–H groups in total. The van der Waals surface area contributed by atoms with Crippen LogP contribution in [-0.2, 0) is 20.6 Å². The van der Waals surface area contributed by atoms with Crippen LogP contribution >= 0.6 is 15.9 Å². The minimum atomic E-state index is -0.444. The van der Waals surface area contributed by atoms with Crippen LogP contribution in [0.15, 0.2) is 38.6 Å². The summed E-state index contributed by atoms with van der Waals surface area (Å²) in [5.74, 6) is 0.574. The largest absolute Gasteiger partial charge is 0.492 e. The van der Waals surface area contributed by atoms with Gasteiger partial charge in [-0.05, 0) is 34.1 Å². The zero-order chi connectivity index (χ0) is 18.1. The second kappa shape index (κ2) is 6.57. The van der Waals surface area contributed by atoms with E-state index in [9.17, 15) is 9.59 Å². The molecule has 2 aromatic heterocycles. The van der Waals surface area contributed by atoms with Crippen molar-refractivity contribution in [3.05, 3.63) is 55.4 Å². The number of fused-ring (bicyclic) bond motifs is 1. The van der Waals surface area contributed by atoms with Crippen LogP contribution in [0.3, 0.4) is 0 Å². The third-order valence-corrected chi connectivity index (χ3v) is 4.45. The van der Waals surface area contributed by atoms with Gasteiger partial charge < -0.3 is 9.30 Å². The maximum absolute atomic E-state index is 12.2. The van der Waals surface area contributed by atoms with Gasteiger partial charge >= 0.3 is 5.69 Å². The van der Waals surface area contributed by atoms with Crippen molar-refractivity contribution in [3.63, 3.8) is 0 Å². The van der Waals surface area contributed by atoms with Crippen LogP contribution in [0.1, 0.15) is 5.56 Å². The van der Waals surface area contributed by atoms with E-state index < -0.39 is 11.2 Å². The van der Waals surface area contributed by atoms with Gasteiger partial charge in [0.15, 0.2) is 15.9 Å². The van der Waals surface area contributed by atoms with E-state index in [1.165, 1.54) is 11.6 Å². The highest BCUT2D eigenvalue weighted by Gasteiger charge is 2.17. The first-order chi connectivity index (χ1) is 11.9. The van der Waals surface area contributed by atoms with Crippen LogP contribution in [-0.4, -0.2) is 25.3 Å². The topological polar surface area (TPSA) is 94.8 Å². The molecule has 3 rings (SSSR count). The Labute approximate surface area is 150 Å². The molecule has 1 aromatic carbocycles. The Morgan fingerprint density at radius 3 is 2.76 bits per heavy atom. The predicted octanol–water partition coefficient (Wildman–Crippen LogP) is 1.15. The lowest BCUT2D eigenvalue weighted by Gasteiger charge is -2.11.